The van der Waals surface area contributed by atoms with Gasteiger partial charge in [0.1, 0.15) is 0 Å². The third kappa shape index (κ3) is 4.78. The average molecular weight is 355 g/mol. The molecule has 0 aliphatic carbocycles. The number of hydrogen-bond donors (Lipinski definition) is 2. The molecule has 6 heteroatoms. The summed E-state index contributed by atoms with van der Waals surface area (Å²) in [5.41, 5.74) is 2.42. The number of aromatic amines is 1. The number of carbonyl (C=O) groups excluding carboxylic acids is 1. The van der Waals surface area contributed by atoms with Gasteiger partial charge in [0.15, 0.2) is 5.69 Å². The maximum absolute atomic E-state index is 12.1. The van der Waals surface area contributed by atoms with E-state index in [1.54, 1.807) is 17.4 Å². The lowest BCUT2D eigenvalue weighted by Crippen LogP contribution is -2.25. The van der Waals surface area contributed by atoms with E-state index in [1.807, 2.05) is 42.6 Å². The highest BCUT2D eigenvalue weighted by Gasteiger charge is 2.11. The lowest BCUT2D eigenvalue weighted by atomic mass is 10.1. The molecule has 0 aliphatic rings. The van der Waals surface area contributed by atoms with E-state index < -0.39 is 0 Å². The van der Waals surface area contributed by atoms with Crippen molar-refractivity contribution in [3.05, 3.63) is 65.2 Å². The number of ether oxygens (including phenoxy) is 1. The Bertz CT molecular complexity index is 784. The Morgan fingerprint density at radius 1 is 1.28 bits per heavy atom. The van der Waals surface area contributed by atoms with Crippen molar-refractivity contribution >= 4 is 17.2 Å². The highest BCUT2D eigenvalue weighted by atomic mass is 32.1. The first-order valence-electron chi connectivity index (χ1n) is 8.28. The summed E-state index contributed by atoms with van der Waals surface area (Å²) in [7, 11) is 0. The Labute approximate surface area is 151 Å². The Morgan fingerprint density at radius 2 is 2.12 bits per heavy atom. The van der Waals surface area contributed by atoms with Crippen molar-refractivity contribution in [2.75, 3.05) is 13.2 Å². The van der Waals surface area contributed by atoms with E-state index in [0.717, 1.165) is 22.6 Å². The zero-order valence-electron chi connectivity index (χ0n) is 14.1. The topological polar surface area (TPSA) is 67.0 Å². The van der Waals surface area contributed by atoms with E-state index in [2.05, 4.69) is 27.6 Å². The summed E-state index contributed by atoms with van der Waals surface area (Å²) in [5.74, 6) is -0.171. The molecule has 2 aromatic heterocycles. The van der Waals surface area contributed by atoms with Crippen LogP contribution < -0.4 is 5.32 Å². The Hall–Kier alpha value is -2.44. The van der Waals surface area contributed by atoms with Crippen LogP contribution in [0.25, 0.3) is 10.6 Å². The molecule has 2 heterocycles. The Kier molecular flexibility index (Phi) is 5.98. The first-order chi connectivity index (χ1) is 12.2. The fraction of sp³-hybridized carbons (Fsp3) is 0.263. The maximum Gasteiger partial charge on any atom is 0.271 e. The van der Waals surface area contributed by atoms with E-state index in [0.29, 0.717) is 18.8 Å². The number of H-pyrrole nitrogens is 1. The smallest absolute Gasteiger partial charge is 0.271 e. The second-order valence-electron chi connectivity index (χ2n) is 5.68. The molecule has 0 saturated carbocycles. The molecule has 1 amide bonds. The van der Waals surface area contributed by atoms with E-state index in [9.17, 15) is 4.79 Å². The molecular formula is C19H21N3O2S. The fourth-order valence-corrected chi connectivity index (χ4v) is 3.13. The lowest BCUT2D eigenvalue weighted by molar-refractivity contribution is 0.0634. The molecule has 0 saturated heterocycles. The van der Waals surface area contributed by atoms with Crippen LogP contribution in [-0.4, -0.2) is 29.3 Å². The van der Waals surface area contributed by atoms with Gasteiger partial charge in [-0.1, -0.05) is 36.4 Å². The molecule has 0 fully saturated rings. The highest BCUT2D eigenvalue weighted by molar-refractivity contribution is 7.13. The zero-order valence-corrected chi connectivity index (χ0v) is 14.9. The van der Waals surface area contributed by atoms with Crippen LogP contribution in [0.15, 0.2) is 53.9 Å². The zero-order chi connectivity index (χ0) is 17.5. The van der Waals surface area contributed by atoms with Gasteiger partial charge in [0.2, 0.25) is 0 Å². The molecule has 0 aliphatic heterocycles. The minimum Gasteiger partial charge on any atom is -0.374 e. The quantitative estimate of drug-likeness (QED) is 0.599. The summed E-state index contributed by atoms with van der Waals surface area (Å²) in [6.45, 7) is 3.18. The number of thiophene rings is 1. The largest absolute Gasteiger partial charge is 0.374 e. The maximum atomic E-state index is 12.1. The van der Waals surface area contributed by atoms with Crippen molar-refractivity contribution < 1.29 is 9.53 Å². The van der Waals surface area contributed by atoms with Crippen molar-refractivity contribution in [2.24, 2.45) is 0 Å². The van der Waals surface area contributed by atoms with Gasteiger partial charge >= 0.3 is 0 Å². The van der Waals surface area contributed by atoms with Crippen LogP contribution in [0.2, 0.25) is 0 Å². The summed E-state index contributed by atoms with van der Waals surface area (Å²) < 4.78 is 5.80. The molecule has 0 radical (unpaired) electrons. The predicted molar refractivity (Wildman–Crippen MR) is 99.7 cm³/mol. The molecule has 130 valence electrons. The van der Waals surface area contributed by atoms with Crippen molar-refractivity contribution in [2.45, 2.75) is 19.4 Å². The van der Waals surface area contributed by atoms with E-state index in [-0.39, 0.29) is 12.0 Å². The molecule has 3 aromatic rings. The first-order valence-corrected chi connectivity index (χ1v) is 9.16. The second-order valence-corrected chi connectivity index (χ2v) is 6.63. The van der Waals surface area contributed by atoms with Crippen LogP contribution in [0.4, 0.5) is 0 Å². The van der Waals surface area contributed by atoms with Crippen LogP contribution in [0.3, 0.4) is 0 Å². The number of hydrogen-bond acceptors (Lipinski definition) is 4. The molecule has 2 N–H and O–H groups in total. The van der Waals surface area contributed by atoms with Crippen LogP contribution in [0.5, 0.6) is 0 Å². The molecule has 1 atom stereocenters. The van der Waals surface area contributed by atoms with Gasteiger partial charge in [0.25, 0.3) is 5.91 Å². The van der Waals surface area contributed by atoms with Crippen LogP contribution in [0, 0.1) is 0 Å². The predicted octanol–water partition coefficient (Wildman–Crippen LogP) is 4.04. The summed E-state index contributed by atoms with van der Waals surface area (Å²) in [4.78, 5) is 13.2. The number of nitrogens with zero attached hydrogens (tertiary/aromatic N) is 1. The Balaban J connectivity index is 1.38. The highest BCUT2D eigenvalue weighted by Crippen LogP contribution is 2.22. The van der Waals surface area contributed by atoms with Gasteiger partial charge in [-0.2, -0.15) is 5.10 Å². The fourth-order valence-electron chi connectivity index (χ4n) is 2.44. The molecule has 3 rings (SSSR count). The van der Waals surface area contributed by atoms with Gasteiger partial charge in [-0.15, -0.1) is 11.3 Å². The minimum atomic E-state index is -0.171. The average Bonchev–Trinajstić information content (AvgIpc) is 3.33. The monoisotopic (exact) mass is 355 g/mol. The van der Waals surface area contributed by atoms with Gasteiger partial charge < -0.3 is 10.1 Å². The van der Waals surface area contributed by atoms with Crippen LogP contribution in [0.1, 0.15) is 35.5 Å². The molecule has 1 aromatic carbocycles. The standard InChI is InChI=1S/C19H21N3O2S/c1-14(15-7-3-2-4-8-15)24-11-6-10-20-19(23)17-13-16(21-22-17)18-9-5-12-25-18/h2-5,7-9,12-14H,6,10-11H2,1H3,(H,20,23)(H,21,22). The molecule has 5 nitrogen and oxygen atoms in total. The molecule has 0 spiro atoms. The number of aromatic nitrogens is 2. The normalized spacial score (nSPS) is 12.0. The lowest BCUT2D eigenvalue weighted by Gasteiger charge is -2.13. The second kappa shape index (κ2) is 8.60. The van der Waals surface area contributed by atoms with E-state index in [1.165, 1.54) is 0 Å². The molecule has 25 heavy (non-hydrogen) atoms. The van der Waals surface area contributed by atoms with Crippen LogP contribution >= 0.6 is 11.3 Å². The summed E-state index contributed by atoms with van der Waals surface area (Å²) in [5, 5.41) is 11.8. The van der Waals surface area contributed by atoms with Crippen LogP contribution in [-0.2, 0) is 4.74 Å². The SMILES string of the molecule is CC(OCCCNC(=O)c1cc(-c2cccs2)[nH]n1)c1ccccc1. The van der Waals surface area contributed by atoms with Gasteiger partial charge in [-0.05, 0) is 36.4 Å². The Morgan fingerprint density at radius 3 is 2.88 bits per heavy atom. The van der Waals surface area contributed by atoms with Gasteiger partial charge in [0.05, 0.1) is 16.7 Å². The summed E-state index contributed by atoms with van der Waals surface area (Å²) in [6.07, 6.45) is 0.807. The molecular weight excluding hydrogens is 334 g/mol. The number of carbonyl (C=O) groups is 1. The van der Waals surface area contributed by atoms with Gasteiger partial charge in [0, 0.05) is 13.2 Å². The number of amides is 1. The van der Waals surface area contributed by atoms with Gasteiger partial charge in [-0.25, -0.2) is 0 Å². The molecule has 0 bridgehead atoms. The number of benzene rings is 1. The van der Waals surface area contributed by atoms with E-state index in [4.69, 9.17) is 4.74 Å². The van der Waals surface area contributed by atoms with Crippen molar-refractivity contribution in [3.63, 3.8) is 0 Å². The van der Waals surface area contributed by atoms with E-state index >= 15 is 0 Å². The minimum absolute atomic E-state index is 0.0524. The number of nitrogens with one attached hydrogen (secondary N) is 2. The van der Waals surface area contributed by atoms with Crippen molar-refractivity contribution in [1.82, 2.24) is 15.5 Å². The number of rotatable bonds is 8. The summed E-state index contributed by atoms with van der Waals surface area (Å²) >= 11 is 1.61. The summed E-state index contributed by atoms with van der Waals surface area (Å²) in [6, 6.07) is 15.8. The van der Waals surface area contributed by atoms with Gasteiger partial charge in [-0.3, -0.25) is 9.89 Å². The third-order valence-electron chi connectivity index (χ3n) is 3.84. The first kappa shape index (κ1) is 17.4. The van der Waals surface area contributed by atoms with Crippen molar-refractivity contribution in [3.8, 4) is 10.6 Å². The van der Waals surface area contributed by atoms with Crippen molar-refractivity contribution in [1.29, 1.82) is 0 Å². The molecule has 1 unspecified atom stereocenters. The third-order valence-corrected chi connectivity index (χ3v) is 4.74.